The van der Waals surface area contributed by atoms with Crippen LogP contribution in [0, 0.1) is 42.3 Å². The minimum absolute atomic E-state index is 0.0213. The van der Waals surface area contributed by atoms with Crippen LogP contribution in [0.1, 0.15) is 33.5 Å². The lowest BCUT2D eigenvalue weighted by Crippen LogP contribution is -2.11. The Labute approximate surface area is 195 Å². The second-order valence-electron chi connectivity index (χ2n) is 7.56. The van der Waals surface area contributed by atoms with Crippen molar-refractivity contribution in [2.45, 2.75) is 26.0 Å². The Balaban J connectivity index is 1.70. The van der Waals surface area contributed by atoms with Crippen molar-refractivity contribution in [3.8, 4) is 23.8 Å². The van der Waals surface area contributed by atoms with Gasteiger partial charge in [0.1, 0.15) is 17.6 Å². The molecule has 2 heterocycles. The molecule has 4 rings (SSSR count). The van der Waals surface area contributed by atoms with Gasteiger partial charge in [0.2, 0.25) is 11.8 Å². The van der Waals surface area contributed by atoms with E-state index in [0.717, 1.165) is 45.9 Å². The minimum atomic E-state index is -0.606. The van der Waals surface area contributed by atoms with Gasteiger partial charge in [0.25, 0.3) is 0 Å². The molecule has 8 heteroatoms. The third kappa shape index (κ3) is 4.97. The van der Waals surface area contributed by atoms with Gasteiger partial charge in [0.15, 0.2) is 0 Å². The lowest BCUT2D eigenvalue weighted by molar-refractivity contribution is 0.449. The third-order valence-corrected chi connectivity index (χ3v) is 6.15. The van der Waals surface area contributed by atoms with Crippen LogP contribution in [0.25, 0.3) is 6.08 Å². The zero-order valence-corrected chi connectivity index (χ0v) is 19.0. The molecule has 1 aliphatic rings. The number of halogens is 1. The molecule has 0 fully saturated rings. The SMILES string of the molecule is Cc1cc(/C=C/C#N)cc(C)c1Oc1nc(Nc2ccc(C#N)c(F)c2)nc2c1CSCC2. The number of hydrogen-bond donors (Lipinski definition) is 1. The van der Waals surface area contributed by atoms with Gasteiger partial charge in [-0.05, 0) is 79.1 Å². The van der Waals surface area contributed by atoms with Crippen LogP contribution in [-0.4, -0.2) is 15.7 Å². The molecule has 6 nitrogen and oxygen atoms in total. The Morgan fingerprint density at radius 1 is 1.15 bits per heavy atom. The van der Waals surface area contributed by atoms with Crippen LogP contribution >= 0.6 is 11.8 Å². The van der Waals surface area contributed by atoms with Crippen LogP contribution in [0.3, 0.4) is 0 Å². The first-order valence-electron chi connectivity index (χ1n) is 10.3. The maximum atomic E-state index is 14.0. The number of nitrogens with zero attached hydrogens (tertiary/aromatic N) is 4. The van der Waals surface area contributed by atoms with Gasteiger partial charge in [-0.15, -0.1) is 0 Å². The molecule has 0 saturated carbocycles. The normalized spacial score (nSPS) is 12.6. The van der Waals surface area contributed by atoms with Gasteiger partial charge < -0.3 is 10.1 Å². The molecule has 0 saturated heterocycles. The van der Waals surface area contributed by atoms with Crippen molar-refractivity contribution in [3.63, 3.8) is 0 Å². The number of rotatable bonds is 5. The Bertz CT molecular complexity index is 1320. The zero-order chi connectivity index (χ0) is 23.4. The highest BCUT2D eigenvalue weighted by molar-refractivity contribution is 7.98. The molecule has 3 aromatic rings. The fourth-order valence-corrected chi connectivity index (χ4v) is 4.60. The Kier molecular flexibility index (Phi) is 6.58. The highest BCUT2D eigenvalue weighted by Gasteiger charge is 2.21. The van der Waals surface area contributed by atoms with Gasteiger partial charge >= 0.3 is 0 Å². The van der Waals surface area contributed by atoms with Gasteiger partial charge in [-0.2, -0.15) is 27.3 Å². The average Bonchev–Trinajstić information content (AvgIpc) is 2.80. The number of aromatic nitrogens is 2. The van der Waals surface area contributed by atoms with E-state index in [1.54, 1.807) is 23.9 Å². The quantitative estimate of drug-likeness (QED) is 0.472. The fourth-order valence-electron chi connectivity index (χ4n) is 3.63. The monoisotopic (exact) mass is 457 g/mol. The van der Waals surface area contributed by atoms with Crippen LogP contribution in [0.4, 0.5) is 16.0 Å². The molecule has 0 spiro atoms. The van der Waals surface area contributed by atoms with Gasteiger partial charge in [0, 0.05) is 23.1 Å². The number of aryl methyl sites for hydroxylation is 3. The molecular weight excluding hydrogens is 437 g/mol. The third-order valence-electron chi connectivity index (χ3n) is 5.16. The molecule has 0 radical (unpaired) electrons. The zero-order valence-electron chi connectivity index (χ0n) is 18.1. The minimum Gasteiger partial charge on any atom is -0.438 e. The average molecular weight is 458 g/mol. The second kappa shape index (κ2) is 9.72. The van der Waals surface area contributed by atoms with Crippen molar-refractivity contribution < 1.29 is 9.13 Å². The number of nitrogens with one attached hydrogen (secondary N) is 1. The summed E-state index contributed by atoms with van der Waals surface area (Å²) in [4.78, 5) is 9.23. The summed E-state index contributed by atoms with van der Waals surface area (Å²) >= 11 is 1.80. The first kappa shape index (κ1) is 22.3. The highest BCUT2D eigenvalue weighted by Crippen LogP contribution is 2.36. The molecule has 164 valence electrons. The van der Waals surface area contributed by atoms with Crippen LogP contribution in [-0.2, 0) is 12.2 Å². The van der Waals surface area contributed by atoms with Crippen LogP contribution in [0.2, 0.25) is 0 Å². The number of hydrogen-bond acceptors (Lipinski definition) is 7. The molecule has 0 atom stereocenters. The summed E-state index contributed by atoms with van der Waals surface area (Å²) in [5.74, 6) is 2.57. The van der Waals surface area contributed by atoms with E-state index in [0.29, 0.717) is 23.3 Å². The van der Waals surface area contributed by atoms with Gasteiger partial charge in [-0.3, -0.25) is 0 Å². The number of allylic oxidation sites excluding steroid dienone is 1. The summed E-state index contributed by atoms with van der Waals surface area (Å²) in [6.45, 7) is 3.90. The number of ether oxygens (including phenoxy) is 1. The molecule has 0 bridgehead atoms. The predicted octanol–water partition coefficient (Wildman–Crippen LogP) is 5.97. The molecule has 0 aliphatic carbocycles. The molecule has 0 unspecified atom stereocenters. The maximum absolute atomic E-state index is 14.0. The van der Waals surface area contributed by atoms with Crippen LogP contribution in [0.5, 0.6) is 11.6 Å². The van der Waals surface area contributed by atoms with E-state index in [-0.39, 0.29) is 5.56 Å². The van der Waals surface area contributed by atoms with Gasteiger partial charge in [-0.25, -0.2) is 9.37 Å². The standard InChI is InChI=1S/C25H20FN5OS/c1-15-10-17(4-3-8-27)11-16(2)23(15)32-24-20-14-33-9-7-22(20)30-25(31-24)29-19-6-5-18(13-28)21(26)12-19/h3-6,10-12H,7,9,14H2,1-2H3,(H,29,30,31)/b4-3+. The Hall–Kier alpha value is -3.88. The van der Waals surface area contributed by atoms with E-state index in [2.05, 4.69) is 15.3 Å². The summed E-state index contributed by atoms with van der Waals surface area (Å²) in [6, 6.07) is 12.0. The summed E-state index contributed by atoms with van der Waals surface area (Å²) in [5.41, 5.74) is 5.05. The lowest BCUT2D eigenvalue weighted by atomic mass is 10.1. The van der Waals surface area contributed by atoms with E-state index in [4.69, 9.17) is 15.3 Å². The van der Waals surface area contributed by atoms with Crippen molar-refractivity contribution in [2.24, 2.45) is 0 Å². The summed E-state index contributed by atoms with van der Waals surface area (Å²) < 4.78 is 20.4. The van der Waals surface area contributed by atoms with Crippen LogP contribution in [0.15, 0.2) is 36.4 Å². The van der Waals surface area contributed by atoms with E-state index in [1.807, 2.05) is 38.1 Å². The topological polar surface area (TPSA) is 94.6 Å². The van der Waals surface area contributed by atoms with Crippen molar-refractivity contribution in [1.82, 2.24) is 9.97 Å². The predicted molar refractivity (Wildman–Crippen MR) is 127 cm³/mol. The summed E-state index contributed by atoms with van der Waals surface area (Å²) in [7, 11) is 0. The summed E-state index contributed by atoms with van der Waals surface area (Å²) in [5, 5.41) is 20.8. The fraction of sp³-hybridized carbons (Fsp3) is 0.200. The van der Waals surface area contributed by atoms with Gasteiger partial charge in [-0.1, -0.05) is 0 Å². The second-order valence-corrected chi connectivity index (χ2v) is 8.67. The largest absolute Gasteiger partial charge is 0.438 e. The molecule has 1 aromatic heterocycles. The number of nitriles is 2. The van der Waals surface area contributed by atoms with E-state index in [9.17, 15) is 4.39 Å². The Morgan fingerprint density at radius 2 is 1.94 bits per heavy atom. The molecule has 0 amide bonds. The van der Waals surface area contributed by atoms with Crippen molar-refractivity contribution >= 4 is 29.5 Å². The lowest BCUT2D eigenvalue weighted by Gasteiger charge is -2.20. The van der Waals surface area contributed by atoms with E-state index in [1.165, 1.54) is 18.2 Å². The number of anilines is 2. The van der Waals surface area contributed by atoms with Crippen molar-refractivity contribution in [3.05, 3.63) is 75.7 Å². The van der Waals surface area contributed by atoms with Gasteiger partial charge in [0.05, 0.1) is 17.3 Å². The van der Waals surface area contributed by atoms with Crippen LogP contribution < -0.4 is 10.1 Å². The number of benzene rings is 2. The van der Waals surface area contributed by atoms with E-state index >= 15 is 0 Å². The molecular formula is C25H20FN5OS. The first-order chi connectivity index (χ1) is 16.0. The maximum Gasteiger partial charge on any atom is 0.230 e. The van der Waals surface area contributed by atoms with E-state index < -0.39 is 5.82 Å². The molecule has 1 N–H and O–H groups in total. The number of thioether (sulfide) groups is 1. The smallest absolute Gasteiger partial charge is 0.230 e. The highest BCUT2D eigenvalue weighted by atomic mass is 32.2. The Morgan fingerprint density at radius 3 is 2.64 bits per heavy atom. The molecule has 2 aromatic carbocycles. The first-order valence-corrected chi connectivity index (χ1v) is 11.4. The summed E-state index contributed by atoms with van der Waals surface area (Å²) in [6.07, 6.45) is 3.98. The van der Waals surface area contributed by atoms with Crippen molar-refractivity contribution in [2.75, 3.05) is 11.1 Å². The molecule has 1 aliphatic heterocycles. The molecule has 33 heavy (non-hydrogen) atoms. The van der Waals surface area contributed by atoms with Crippen molar-refractivity contribution in [1.29, 1.82) is 10.5 Å². The number of fused-ring (bicyclic) bond motifs is 1.